The van der Waals surface area contributed by atoms with Crippen molar-refractivity contribution in [3.8, 4) is 0 Å². The van der Waals surface area contributed by atoms with Gasteiger partial charge in [0.15, 0.2) is 5.82 Å². The molecule has 2 aliphatic rings. The van der Waals surface area contributed by atoms with Crippen LogP contribution >= 0.6 is 0 Å². The molecule has 0 bridgehead atoms. The van der Waals surface area contributed by atoms with Gasteiger partial charge in [-0.2, -0.15) is 4.98 Å². The standard InChI is InChI=1S/C15H24N4O3/c1-12-16-15(22-17-12)13-3-4-14(20)19(11-13)6-2-5-18-7-9-21-10-8-18/h13H,2-11H2,1H3/t13-/m0/s1. The Balaban J connectivity index is 1.47. The molecule has 0 N–H and O–H groups in total. The van der Waals surface area contributed by atoms with E-state index in [1.54, 1.807) is 0 Å². The maximum Gasteiger partial charge on any atom is 0.231 e. The third kappa shape index (κ3) is 3.84. The molecule has 3 heterocycles. The summed E-state index contributed by atoms with van der Waals surface area (Å²) in [7, 11) is 0. The molecule has 7 heteroatoms. The molecular weight excluding hydrogens is 284 g/mol. The van der Waals surface area contributed by atoms with Crippen molar-refractivity contribution in [2.24, 2.45) is 0 Å². The Kier molecular flexibility index (Phi) is 5.04. The van der Waals surface area contributed by atoms with Crippen LogP contribution in [0.15, 0.2) is 4.52 Å². The van der Waals surface area contributed by atoms with E-state index < -0.39 is 0 Å². The topological polar surface area (TPSA) is 71.7 Å². The van der Waals surface area contributed by atoms with Gasteiger partial charge in [-0.05, 0) is 19.8 Å². The maximum atomic E-state index is 12.1. The molecule has 1 aromatic rings. The van der Waals surface area contributed by atoms with Crippen LogP contribution in [0.2, 0.25) is 0 Å². The molecule has 3 rings (SSSR count). The van der Waals surface area contributed by atoms with Crippen molar-refractivity contribution in [1.82, 2.24) is 19.9 Å². The number of ether oxygens (including phenoxy) is 1. The van der Waals surface area contributed by atoms with Crippen LogP contribution in [-0.4, -0.2) is 71.8 Å². The summed E-state index contributed by atoms with van der Waals surface area (Å²) in [6, 6.07) is 0. The van der Waals surface area contributed by atoms with Gasteiger partial charge in [0.25, 0.3) is 0 Å². The van der Waals surface area contributed by atoms with Crippen LogP contribution in [0.5, 0.6) is 0 Å². The lowest BCUT2D eigenvalue weighted by molar-refractivity contribution is -0.134. The van der Waals surface area contributed by atoms with E-state index in [1.807, 2.05) is 11.8 Å². The number of morpholine rings is 1. The molecule has 1 amide bonds. The van der Waals surface area contributed by atoms with E-state index in [0.717, 1.165) is 52.2 Å². The largest absolute Gasteiger partial charge is 0.379 e. The Morgan fingerprint density at radius 1 is 1.27 bits per heavy atom. The van der Waals surface area contributed by atoms with Crippen molar-refractivity contribution in [3.63, 3.8) is 0 Å². The molecule has 122 valence electrons. The minimum Gasteiger partial charge on any atom is -0.379 e. The number of hydrogen-bond acceptors (Lipinski definition) is 6. The molecule has 1 aromatic heterocycles. The summed E-state index contributed by atoms with van der Waals surface area (Å²) in [4.78, 5) is 20.7. The minimum absolute atomic E-state index is 0.183. The van der Waals surface area contributed by atoms with Crippen molar-refractivity contribution >= 4 is 5.91 Å². The van der Waals surface area contributed by atoms with Crippen molar-refractivity contribution in [1.29, 1.82) is 0 Å². The summed E-state index contributed by atoms with van der Waals surface area (Å²) in [5.41, 5.74) is 0. The number of amides is 1. The van der Waals surface area contributed by atoms with E-state index in [2.05, 4.69) is 15.0 Å². The molecule has 0 spiro atoms. The third-order valence-corrected chi connectivity index (χ3v) is 4.40. The van der Waals surface area contributed by atoms with E-state index in [-0.39, 0.29) is 11.8 Å². The molecule has 0 radical (unpaired) electrons. The van der Waals surface area contributed by atoms with E-state index in [9.17, 15) is 4.79 Å². The van der Waals surface area contributed by atoms with Crippen LogP contribution < -0.4 is 0 Å². The highest BCUT2D eigenvalue weighted by Gasteiger charge is 2.29. The first-order valence-corrected chi connectivity index (χ1v) is 8.10. The monoisotopic (exact) mass is 308 g/mol. The van der Waals surface area contributed by atoms with E-state index in [4.69, 9.17) is 9.26 Å². The first-order valence-electron chi connectivity index (χ1n) is 8.10. The van der Waals surface area contributed by atoms with Crippen LogP contribution in [0.1, 0.15) is 36.9 Å². The van der Waals surface area contributed by atoms with Crippen molar-refractivity contribution in [2.75, 3.05) is 45.9 Å². The first kappa shape index (κ1) is 15.4. The van der Waals surface area contributed by atoms with Gasteiger partial charge in [0.05, 0.1) is 19.1 Å². The molecular formula is C15H24N4O3. The van der Waals surface area contributed by atoms with Crippen LogP contribution in [0.3, 0.4) is 0 Å². The number of likely N-dealkylation sites (tertiary alicyclic amines) is 1. The highest BCUT2D eigenvalue weighted by molar-refractivity contribution is 5.77. The fourth-order valence-corrected chi connectivity index (χ4v) is 3.12. The number of nitrogens with zero attached hydrogens (tertiary/aromatic N) is 4. The van der Waals surface area contributed by atoms with Gasteiger partial charge in [-0.15, -0.1) is 0 Å². The highest BCUT2D eigenvalue weighted by atomic mass is 16.5. The molecule has 0 saturated carbocycles. The number of piperidine rings is 1. The molecule has 22 heavy (non-hydrogen) atoms. The van der Waals surface area contributed by atoms with Gasteiger partial charge in [0.1, 0.15) is 0 Å². The lowest BCUT2D eigenvalue weighted by Crippen LogP contribution is -2.42. The predicted octanol–water partition coefficient (Wildman–Crippen LogP) is 0.806. The van der Waals surface area contributed by atoms with Gasteiger partial charge in [-0.3, -0.25) is 9.69 Å². The van der Waals surface area contributed by atoms with Crippen LogP contribution in [0, 0.1) is 6.92 Å². The lowest BCUT2D eigenvalue weighted by Gasteiger charge is -2.32. The van der Waals surface area contributed by atoms with Gasteiger partial charge in [-0.25, -0.2) is 0 Å². The number of aromatic nitrogens is 2. The Morgan fingerprint density at radius 3 is 2.82 bits per heavy atom. The average molecular weight is 308 g/mol. The van der Waals surface area contributed by atoms with Crippen molar-refractivity contribution in [2.45, 2.75) is 32.1 Å². The lowest BCUT2D eigenvalue weighted by atomic mass is 9.97. The summed E-state index contributed by atoms with van der Waals surface area (Å²) < 4.78 is 10.6. The summed E-state index contributed by atoms with van der Waals surface area (Å²) in [5.74, 6) is 1.76. The number of aryl methyl sites for hydroxylation is 1. The molecule has 0 aromatic carbocycles. The normalized spacial score (nSPS) is 24.0. The molecule has 0 unspecified atom stereocenters. The molecule has 0 aliphatic carbocycles. The summed E-state index contributed by atoms with van der Waals surface area (Å²) in [6.45, 7) is 7.99. The fraction of sp³-hybridized carbons (Fsp3) is 0.800. The Bertz CT molecular complexity index is 499. The second-order valence-electron chi connectivity index (χ2n) is 6.06. The zero-order chi connectivity index (χ0) is 15.4. The minimum atomic E-state index is 0.183. The summed E-state index contributed by atoms with van der Waals surface area (Å²) in [6.07, 6.45) is 2.38. The molecule has 1 atom stereocenters. The van der Waals surface area contributed by atoms with Gasteiger partial charge in [0, 0.05) is 39.1 Å². The quantitative estimate of drug-likeness (QED) is 0.801. The van der Waals surface area contributed by atoms with Gasteiger partial charge in [-0.1, -0.05) is 5.16 Å². The average Bonchev–Trinajstić information content (AvgIpc) is 2.97. The first-order chi connectivity index (χ1) is 10.7. The van der Waals surface area contributed by atoms with Crippen LogP contribution in [0.25, 0.3) is 0 Å². The van der Waals surface area contributed by atoms with Gasteiger partial charge >= 0.3 is 0 Å². The van der Waals surface area contributed by atoms with Crippen LogP contribution in [0.4, 0.5) is 0 Å². The second-order valence-corrected chi connectivity index (χ2v) is 6.06. The summed E-state index contributed by atoms with van der Waals surface area (Å²) in [5, 5.41) is 3.85. The Labute approximate surface area is 130 Å². The Morgan fingerprint density at radius 2 is 2.09 bits per heavy atom. The molecule has 7 nitrogen and oxygen atoms in total. The number of rotatable bonds is 5. The smallest absolute Gasteiger partial charge is 0.231 e. The zero-order valence-corrected chi connectivity index (χ0v) is 13.2. The fourth-order valence-electron chi connectivity index (χ4n) is 3.12. The number of hydrogen-bond donors (Lipinski definition) is 0. The second kappa shape index (κ2) is 7.19. The Hall–Kier alpha value is -1.47. The van der Waals surface area contributed by atoms with E-state index >= 15 is 0 Å². The molecule has 2 aliphatic heterocycles. The maximum absolute atomic E-state index is 12.1. The molecule has 2 fully saturated rings. The van der Waals surface area contributed by atoms with Crippen molar-refractivity contribution < 1.29 is 14.1 Å². The predicted molar refractivity (Wildman–Crippen MR) is 79.5 cm³/mol. The SMILES string of the molecule is Cc1noc([C@H]2CCC(=O)N(CCCN3CCOCC3)C2)n1. The van der Waals surface area contributed by atoms with Crippen molar-refractivity contribution in [3.05, 3.63) is 11.7 Å². The number of carbonyl (C=O) groups excluding carboxylic acids is 1. The third-order valence-electron chi connectivity index (χ3n) is 4.40. The van der Waals surface area contributed by atoms with Gasteiger partial charge in [0.2, 0.25) is 11.8 Å². The summed E-state index contributed by atoms with van der Waals surface area (Å²) >= 11 is 0. The van der Waals surface area contributed by atoms with E-state index in [1.165, 1.54) is 0 Å². The van der Waals surface area contributed by atoms with Gasteiger partial charge < -0.3 is 14.2 Å². The van der Waals surface area contributed by atoms with Crippen LogP contribution in [-0.2, 0) is 9.53 Å². The number of carbonyl (C=O) groups is 1. The zero-order valence-electron chi connectivity index (χ0n) is 13.2. The molecule has 2 saturated heterocycles. The highest BCUT2D eigenvalue weighted by Crippen LogP contribution is 2.26. The van der Waals surface area contributed by atoms with E-state index in [0.29, 0.717) is 24.7 Å².